The van der Waals surface area contributed by atoms with Crippen molar-refractivity contribution in [2.75, 3.05) is 6.54 Å². The fraction of sp³-hybridized carbons (Fsp3) is 0.500. The Morgan fingerprint density at radius 1 is 1.44 bits per heavy atom. The SMILES string of the molecule is Cn1nc(CNCC(Cl)C2CC2)c2ccccc21. The van der Waals surface area contributed by atoms with Gasteiger partial charge in [0.2, 0.25) is 0 Å². The van der Waals surface area contributed by atoms with Crippen LogP contribution in [0.4, 0.5) is 0 Å². The van der Waals surface area contributed by atoms with E-state index in [1.165, 1.54) is 23.7 Å². The van der Waals surface area contributed by atoms with Crippen molar-refractivity contribution in [3.05, 3.63) is 30.0 Å². The lowest BCUT2D eigenvalue weighted by molar-refractivity contribution is 0.608. The Hall–Kier alpha value is -1.06. The molecule has 1 unspecified atom stereocenters. The van der Waals surface area contributed by atoms with E-state index < -0.39 is 0 Å². The predicted molar refractivity (Wildman–Crippen MR) is 74.8 cm³/mol. The Morgan fingerprint density at radius 2 is 2.22 bits per heavy atom. The second-order valence-corrected chi connectivity index (χ2v) is 5.63. The predicted octanol–water partition coefficient (Wildman–Crippen LogP) is 2.68. The number of aromatic nitrogens is 2. The van der Waals surface area contributed by atoms with Gasteiger partial charge >= 0.3 is 0 Å². The zero-order valence-electron chi connectivity index (χ0n) is 10.6. The van der Waals surface area contributed by atoms with E-state index in [2.05, 4.69) is 28.6 Å². The lowest BCUT2D eigenvalue weighted by atomic mass is 10.2. The number of alkyl halides is 1. The number of nitrogens with zero attached hydrogens (tertiary/aromatic N) is 2. The van der Waals surface area contributed by atoms with Crippen LogP contribution in [0.2, 0.25) is 0 Å². The molecule has 0 bridgehead atoms. The molecule has 3 rings (SSSR count). The molecule has 0 radical (unpaired) electrons. The largest absolute Gasteiger partial charge is 0.310 e. The number of rotatable bonds is 5. The zero-order chi connectivity index (χ0) is 12.5. The highest BCUT2D eigenvalue weighted by molar-refractivity contribution is 6.21. The molecule has 4 heteroatoms. The number of fused-ring (bicyclic) bond motifs is 1. The van der Waals surface area contributed by atoms with E-state index in [0.717, 1.165) is 24.7 Å². The van der Waals surface area contributed by atoms with Gasteiger partial charge in [-0.2, -0.15) is 5.10 Å². The van der Waals surface area contributed by atoms with Gasteiger partial charge in [0.25, 0.3) is 0 Å². The van der Waals surface area contributed by atoms with E-state index in [-0.39, 0.29) is 5.38 Å². The molecule has 0 amide bonds. The average molecular weight is 264 g/mol. The van der Waals surface area contributed by atoms with Gasteiger partial charge in [-0.3, -0.25) is 4.68 Å². The van der Waals surface area contributed by atoms with Crippen LogP contribution in [0.25, 0.3) is 10.9 Å². The Balaban J connectivity index is 1.67. The van der Waals surface area contributed by atoms with Crippen LogP contribution in [0.15, 0.2) is 24.3 Å². The third-order valence-electron chi connectivity index (χ3n) is 3.60. The van der Waals surface area contributed by atoms with Crippen LogP contribution in [0.3, 0.4) is 0 Å². The number of halogens is 1. The van der Waals surface area contributed by atoms with E-state index in [1.54, 1.807) is 0 Å². The van der Waals surface area contributed by atoms with Gasteiger partial charge in [-0.25, -0.2) is 0 Å². The third-order valence-corrected chi connectivity index (χ3v) is 4.11. The molecule has 96 valence electrons. The molecule has 1 N–H and O–H groups in total. The molecule has 1 atom stereocenters. The second kappa shape index (κ2) is 4.90. The maximum atomic E-state index is 6.28. The van der Waals surface area contributed by atoms with Gasteiger partial charge in [-0.05, 0) is 24.8 Å². The molecule has 1 aliphatic carbocycles. The van der Waals surface area contributed by atoms with Crippen molar-refractivity contribution >= 4 is 22.5 Å². The van der Waals surface area contributed by atoms with Gasteiger partial charge in [-0.15, -0.1) is 11.6 Å². The molecule has 0 aliphatic heterocycles. The molecule has 3 nitrogen and oxygen atoms in total. The summed E-state index contributed by atoms with van der Waals surface area (Å²) in [5, 5.41) is 9.48. The monoisotopic (exact) mass is 263 g/mol. The lowest BCUT2D eigenvalue weighted by Crippen LogP contribution is -2.24. The first kappa shape index (κ1) is 12.0. The van der Waals surface area contributed by atoms with Crippen LogP contribution < -0.4 is 5.32 Å². The minimum atomic E-state index is 0.278. The Kier molecular flexibility index (Phi) is 3.27. The first-order valence-corrected chi connectivity index (χ1v) is 6.95. The van der Waals surface area contributed by atoms with Gasteiger partial charge in [0, 0.05) is 30.9 Å². The third kappa shape index (κ3) is 2.38. The minimum Gasteiger partial charge on any atom is -0.310 e. The summed E-state index contributed by atoms with van der Waals surface area (Å²) in [6.07, 6.45) is 2.59. The van der Waals surface area contributed by atoms with E-state index in [0.29, 0.717) is 0 Å². The van der Waals surface area contributed by atoms with Crippen LogP contribution >= 0.6 is 11.6 Å². The maximum absolute atomic E-state index is 6.28. The van der Waals surface area contributed by atoms with Gasteiger partial charge in [0.15, 0.2) is 0 Å². The average Bonchev–Trinajstić information content (AvgIpc) is 3.17. The van der Waals surface area contributed by atoms with Gasteiger partial charge in [-0.1, -0.05) is 18.2 Å². The summed E-state index contributed by atoms with van der Waals surface area (Å²) in [5.74, 6) is 0.736. The molecule has 1 aromatic heterocycles. The summed E-state index contributed by atoms with van der Waals surface area (Å²) in [4.78, 5) is 0. The van der Waals surface area contributed by atoms with Crippen molar-refractivity contribution in [3.63, 3.8) is 0 Å². The summed E-state index contributed by atoms with van der Waals surface area (Å²) in [6.45, 7) is 1.66. The smallest absolute Gasteiger partial charge is 0.0841 e. The molecule has 2 aromatic rings. The number of para-hydroxylation sites is 1. The normalized spacial score (nSPS) is 17.2. The molecule has 1 heterocycles. The maximum Gasteiger partial charge on any atom is 0.0841 e. The lowest BCUT2D eigenvalue weighted by Gasteiger charge is -2.08. The molecule has 1 saturated carbocycles. The number of hydrogen-bond acceptors (Lipinski definition) is 2. The summed E-state index contributed by atoms with van der Waals surface area (Å²) < 4.78 is 1.94. The van der Waals surface area contributed by atoms with Gasteiger partial charge in [0.1, 0.15) is 0 Å². The fourth-order valence-corrected chi connectivity index (χ4v) is 2.73. The summed E-state index contributed by atoms with van der Waals surface area (Å²) in [7, 11) is 1.99. The first-order valence-electron chi connectivity index (χ1n) is 6.51. The highest BCUT2D eigenvalue weighted by atomic mass is 35.5. The molecule has 1 fully saturated rings. The highest BCUT2D eigenvalue weighted by Gasteiger charge is 2.29. The van der Waals surface area contributed by atoms with Crippen LogP contribution in [0, 0.1) is 5.92 Å². The Labute approximate surface area is 112 Å². The Morgan fingerprint density at radius 3 is 3.00 bits per heavy atom. The van der Waals surface area contributed by atoms with E-state index in [1.807, 2.05) is 17.8 Å². The van der Waals surface area contributed by atoms with Crippen molar-refractivity contribution < 1.29 is 0 Å². The molecule has 0 spiro atoms. The quantitative estimate of drug-likeness (QED) is 0.841. The first-order chi connectivity index (χ1) is 8.75. The van der Waals surface area contributed by atoms with Gasteiger partial charge < -0.3 is 5.32 Å². The van der Waals surface area contributed by atoms with Crippen molar-refractivity contribution in [3.8, 4) is 0 Å². The minimum absolute atomic E-state index is 0.278. The Bertz CT molecular complexity index is 545. The summed E-state index contributed by atoms with van der Waals surface area (Å²) >= 11 is 6.28. The van der Waals surface area contributed by atoms with Crippen LogP contribution in [0.5, 0.6) is 0 Å². The summed E-state index contributed by atoms with van der Waals surface area (Å²) in [5.41, 5.74) is 2.28. The van der Waals surface area contributed by atoms with Crippen molar-refractivity contribution in [2.45, 2.75) is 24.8 Å². The molecular weight excluding hydrogens is 246 g/mol. The van der Waals surface area contributed by atoms with Crippen molar-refractivity contribution in [2.24, 2.45) is 13.0 Å². The second-order valence-electron chi connectivity index (χ2n) is 5.07. The standard InChI is InChI=1S/C14H18ClN3/c1-18-14-5-3-2-4-11(14)13(17-18)9-16-8-12(15)10-6-7-10/h2-5,10,12,16H,6-9H2,1H3. The van der Waals surface area contributed by atoms with Crippen LogP contribution in [-0.4, -0.2) is 21.7 Å². The number of benzene rings is 1. The van der Waals surface area contributed by atoms with E-state index in [4.69, 9.17) is 11.6 Å². The van der Waals surface area contributed by atoms with Crippen LogP contribution in [0.1, 0.15) is 18.5 Å². The van der Waals surface area contributed by atoms with E-state index >= 15 is 0 Å². The highest BCUT2D eigenvalue weighted by Crippen LogP contribution is 2.35. The van der Waals surface area contributed by atoms with Crippen LogP contribution in [-0.2, 0) is 13.6 Å². The van der Waals surface area contributed by atoms with Gasteiger partial charge in [0.05, 0.1) is 11.2 Å². The molecule has 1 aliphatic rings. The topological polar surface area (TPSA) is 29.9 Å². The molecule has 0 saturated heterocycles. The molecule has 18 heavy (non-hydrogen) atoms. The number of aryl methyl sites for hydroxylation is 1. The van der Waals surface area contributed by atoms with Crippen molar-refractivity contribution in [1.29, 1.82) is 0 Å². The number of hydrogen-bond donors (Lipinski definition) is 1. The molecule has 1 aromatic carbocycles. The number of nitrogens with one attached hydrogen (secondary N) is 1. The fourth-order valence-electron chi connectivity index (χ4n) is 2.37. The zero-order valence-corrected chi connectivity index (χ0v) is 11.3. The van der Waals surface area contributed by atoms with E-state index in [9.17, 15) is 0 Å². The van der Waals surface area contributed by atoms with Crippen molar-refractivity contribution in [1.82, 2.24) is 15.1 Å². The summed E-state index contributed by atoms with van der Waals surface area (Å²) in [6, 6.07) is 8.32. The molecular formula is C14H18ClN3.